The average molecular weight is 349 g/mol. The van der Waals surface area contributed by atoms with Crippen LogP contribution in [0.5, 0.6) is 0 Å². The van der Waals surface area contributed by atoms with E-state index < -0.39 is 0 Å². The molecule has 2 rings (SSSR count). The Morgan fingerprint density at radius 1 is 1.43 bits per heavy atom. The summed E-state index contributed by atoms with van der Waals surface area (Å²) in [6.45, 7) is 2.77. The number of hydrogen-bond acceptors (Lipinski definition) is 4. The normalized spacial score (nSPS) is 13.1. The number of pyridine rings is 1. The zero-order chi connectivity index (χ0) is 15.2. The standard InChI is InChI=1S/C15H17BrN4O/c1-10(12-3-2-4-13(16)8-12)19-9-11-5-6-18-14(7-11)15(17)20-21/h2-8,10,19,21H,9H2,1H3,(H2,17,20). The van der Waals surface area contributed by atoms with Crippen LogP contribution in [0, 0.1) is 0 Å². The van der Waals surface area contributed by atoms with Crippen molar-refractivity contribution in [2.75, 3.05) is 0 Å². The Kier molecular flexibility index (Phi) is 5.30. The minimum atomic E-state index is 0.0110. The Morgan fingerprint density at radius 2 is 2.24 bits per heavy atom. The molecule has 1 heterocycles. The molecule has 110 valence electrons. The lowest BCUT2D eigenvalue weighted by Crippen LogP contribution is -2.19. The molecule has 4 N–H and O–H groups in total. The second kappa shape index (κ2) is 7.19. The third kappa shape index (κ3) is 4.27. The molecule has 0 fully saturated rings. The molecular weight excluding hydrogens is 332 g/mol. The van der Waals surface area contributed by atoms with Crippen LogP contribution in [0.4, 0.5) is 0 Å². The quantitative estimate of drug-likeness (QED) is 0.335. The summed E-state index contributed by atoms with van der Waals surface area (Å²) in [6, 6.07) is 12.1. The van der Waals surface area contributed by atoms with Gasteiger partial charge in [-0.05, 0) is 42.3 Å². The molecule has 1 aromatic heterocycles. The minimum Gasteiger partial charge on any atom is -0.409 e. The van der Waals surface area contributed by atoms with Crippen molar-refractivity contribution in [1.82, 2.24) is 10.3 Å². The summed E-state index contributed by atoms with van der Waals surface area (Å²) in [4.78, 5) is 4.06. The van der Waals surface area contributed by atoms with Crippen molar-refractivity contribution in [2.24, 2.45) is 10.9 Å². The highest BCUT2D eigenvalue weighted by molar-refractivity contribution is 9.10. The highest BCUT2D eigenvalue weighted by Gasteiger charge is 2.07. The maximum absolute atomic E-state index is 8.67. The summed E-state index contributed by atoms with van der Waals surface area (Å²) in [5, 5.41) is 15.1. The van der Waals surface area contributed by atoms with Gasteiger partial charge in [-0.1, -0.05) is 33.2 Å². The minimum absolute atomic E-state index is 0.0110. The number of nitrogens with two attached hydrogens (primary N) is 1. The summed E-state index contributed by atoms with van der Waals surface area (Å²) in [5.41, 5.74) is 8.23. The topological polar surface area (TPSA) is 83.5 Å². The predicted octanol–water partition coefficient (Wildman–Crippen LogP) is 2.79. The van der Waals surface area contributed by atoms with Gasteiger partial charge < -0.3 is 16.3 Å². The number of aromatic nitrogens is 1. The van der Waals surface area contributed by atoms with Gasteiger partial charge in [0.1, 0.15) is 5.69 Å². The third-order valence-electron chi connectivity index (χ3n) is 3.16. The van der Waals surface area contributed by atoms with E-state index in [9.17, 15) is 0 Å². The second-order valence-electron chi connectivity index (χ2n) is 4.69. The van der Waals surface area contributed by atoms with Crippen molar-refractivity contribution in [1.29, 1.82) is 0 Å². The van der Waals surface area contributed by atoms with E-state index in [1.165, 1.54) is 5.56 Å². The predicted molar refractivity (Wildman–Crippen MR) is 86.1 cm³/mol. The lowest BCUT2D eigenvalue weighted by Gasteiger charge is -2.15. The molecule has 0 aliphatic carbocycles. The van der Waals surface area contributed by atoms with Crippen LogP contribution in [0.1, 0.15) is 29.8 Å². The van der Waals surface area contributed by atoms with Crippen molar-refractivity contribution < 1.29 is 5.21 Å². The monoisotopic (exact) mass is 348 g/mol. The molecule has 0 saturated carbocycles. The maximum atomic E-state index is 8.67. The van der Waals surface area contributed by atoms with Crippen LogP contribution in [-0.2, 0) is 6.54 Å². The van der Waals surface area contributed by atoms with Crippen LogP contribution in [0.2, 0.25) is 0 Å². The number of rotatable bonds is 5. The number of amidine groups is 1. The molecule has 2 aromatic rings. The molecule has 0 aliphatic heterocycles. The summed E-state index contributed by atoms with van der Waals surface area (Å²) in [6.07, 6.45) is 1.65. The van der Waals surface area contributed by atoms with Gasteiger partial charge in [0.25, 0.3) is 0 Å². The van der Waals surface area contributed by atoms with E-state index in [0.29, 0.717) is 12.2 Å². The molecule has 5 nitrogen and oxygen atoms in total. The average Bonchev–Trinajstić information content (AvgIpc) is 2.52. The lowest BCUT2D eigenvalue weighted by molar-refractivity contribution is 0.318. The van der Waals surface area contributed by atoms with Crippen LogP contribution in [0.25, 0.3) is 0 Å². The lowest BCUT2D eigenvalue weighted by atomic mass is 10.1. The fraction of sp³-hybridized carbons (Fsp3) is 0.200. The number of hydrogen-bond donors (Lipinski definition) is 3. The zero-order valence-corrected chi connectivity index (χ0v) is 13.2. The number of nitrogens with zero attached hydrogens (tertiary/aromatic N) is 2. The first-order valence-electron chi connectivity index (χ1n) is 6.52. The van der Waals surface area contributed by atoms with Gasteiger partial charge in [-0.25, -0.2) is 0 Å². The summed E-state index contributed by atoms with van der Waals surface area (Å²) in [7, 11) is 0. The maximum Gasteiger partial charge on any atom is 0.188 e. The zero-order valence-electron chi connectivity index (χ0n) is 11.6. The first-order chi connectivity index (χ1) is 10.1. The van der Waals surface area contributed by atoms with E-state index in [2.05, 4.69) is 50.4 Å². The Bertz CT molecular complexity index is 645. The number of halogens is 1. The first-order valence-corrected chi connectivity index (χ1v) is 7.31. The molecule has 1 atom stereocenters. The van der Waals surface area contributed by atoms with E-state index >= 15 is 0 Å². The van der Waals surface area contributed by atoms with Crippen LogP contribution in [0.3, 0.4) is 0 Å². The van der Waals surface area contributed by atoms with Crippen LogP contribution in [0.15, 0.2) is 52.2 Å². The van der Waals surface area contributed by atoms with Gasteiger partial charge in [0.15, 0.2) is 5.84 Å². The Hall–Kier alpha value is -1.92. The van der Waals surface area contributed by atoms with Crippen molar-refractivity contribution in [3.63, 3.8) is 0 Å². The molecule has 0 spiro atoms. The molecule has 0 bridgehead atoms. The Morgan fingerprint density at radius 3 is 2.95 bits per heavy atom. The first kappa shape index (κ1) is 15.5. The molecule has 6 heteroatoms. The molecule has 21 heavy (non-hydrogen) atoms. The summed E-state index contributed by atoms with van der Waals surface area (Å²) in [5.74, 6) is 0.0110. The highest BCUT2D eigenvalue weighted by Crippen LogP contribution is 2.18. The van der Waals surface area contributed by atoms with Gasteiger partial charge in [0.05, 0.1) is 0 Å². The van der Waals surface area contributed by atoms with Gasteiger partial charge in [0.2, 0.25) is 0 Å². The van der Waals surface area contributed by atoms with Crippen LogP contribution in [-0.4, -0.2) is 16.0 Å². The molecule has 0 amide bonds. The summed E-state index contributed by atoms with van der Waals surface area (Å²) >= 11 is 3.47. The van der Waals surface area contributed by atoms with Crippen molar-refractivity contribution >= 4 is 21.8 Å². The van der Waals surface area contributed by atoms with Gasteiger partial charge in [0, 0.05) is 23.3 Å². The second-order valence-corrected chi connectivity index (χ2v) is 5.61. The van der Waals surface area contributed by atoms with Gasteiger partial charge in [-0.3, -0.25) is 4.98 Å². The van der Waals surface area contributed by atoms with E-state index in [4.69, 9.17) is 10.9 Å². The third-order valence-corrected chi connectivity index (χ3v) is 3.65. The molecule has 0 saturated heterocycles. The highest BCUT2D eigenvalue weighted by atomic mass is 79.9. The number of oxime groups is 1. The van der Waals surface area contributed by atoms with Gasteiger partial charge >= 0.3 is 0 Å². The van der Waals surface area contributed by atoms with Gasteiger partial charge in [-0.15, -0.1) is 0 Å². The molecule has 0 aliphatic rings. The summed E-state index contributed by atoms with van der Waals surface area (Å²) < 4.78 is 1.06. The van der Waals surface area contributed by atoms with Crippen molar-refractivity contribution in [3.8, 4) is 0 Å². The number of nitrogens with one attached hydrogen (secondary N) is 1. The van der Waals surface area contributed by atoms with E-state index in [-0.39, 0.29) is 11.9 Å². The number of benzene rings is 1. The Labute approximate surface area is 132 Å². The molecular formula is C15H17BrN4O. The van der Waals surface area contributed by atoms with Gasteiger partial charge in [-0.2, -0.15) is 0 Å². The Balaban J connectivity index is 2.03. The fourth-order valence-corrected chi connectivity index (χ4v) is 2.36. The van der Waals surface area contributed by atoms with Crippen molar-refractivity contribution in [3.05, 3.63) is 63.9 Å². The smallest absolute Gasteiger partial charge is 0.188 e. The van der Waals surface area contributed by atoms with Crippen molar-refractivity contribution in [2.45, 2.75) is 19.5 Å². The molecule has 0 radical (unpaired) electrons. The van der Waals surface area contributed by atoms with E-state index in [0.717, 1.165) is 10.0 Å². The van der Waals surface area contributed by atoms with Crippen LogP contribution >= 0.6 is 15.9 Å². The molecule has 1 aromatic carbocycles. The molecule has 1 unspecified atom stereocenters. The SMILES string of the molecule is CC(NCc1ccnc(C(N)=NO)c1)c1cccc(Br)c1. The van der Waals surface area contributed by atoms with E-state index in [1.54, 1.807) is 12.3 Å². The van der Waals surface area contributed by atoms with Crippen LogP contribution < -0.4 is 11.1 Å². The van der Waals surface area contributed by atoms with E-state index in [1.807, 2.05) is 18.2 Å². The largest absolute Gasteiger partial charge is 0.409 e. The fourth-order valence-electron chi connectivity index (χ4n) is 1.94.